The summed E-state index contributed by atoms with van der Waals surface area (Å²) in [7, 11) is -4.40. The van der Waals surface area contributed by atoms with Crippen LogP contribution in [0.25, 0.3) is 0 Å². The van der Waals surface area contributed by atoms with E-state index in [2.05, 4.69) is 31.3 Å². The SMILES string of the molecule is CCCCC/C=C\CCCCCC(O)CC(=O)NC(COP(=O)(O)OCCN)C(O)/C=C/CCCCCCCCCCCCCCCCCCC. The molecule has 0 aliphatic carbocycles. The number of phosphoric ester groups is 1. The van der Waals surface area contributed by atoms with Crippen molar-refractivity contribution in [1.82, 2.24) is 5.32 Å². The fraction of sp³-hybridized carbons (Fsp3) is 0.878. The van der Waals surface area contributed by atoms with Gasteiger partial charge in [-0.05, 0) is 44.9 Å². The van der Waals surface area contributed by atoms with Crippen LogP contribution in [0.4, 0.5) is 0 Å². The normalized spacial score (nSPS) is 15.0. The predicted molar refractivity (Wildman–Crippen MR) is 214 cm³/mol. The van der Waals surface area contributed by atoms with Gasteiger partial charge in [-0.25, -0.2) is 4.57 Å². The summed E-state index contributed by atoms with van der Waals surface area (Å²) in [5, 5.41) is 23.9. The summed E-state index contributed by atoms with van der Waals surface area (Å²) >= 11 is 0. The molecule has 0 aromatic carbocycles. The zero-order valence-electron chi connectivity index (χ0n) is 33.0. The Bertz CT molecular complexity index is 873. The van der Waals surface area contributed by atoms with Gasteiger partial charge < -0.3 is 26.2 Å². The molecule has 0 aliphatic heterocycles. The fourth-order valence-corrected chi connectivity index (χ4v) is 6.87. The van der Waals surface area contributed by atoms with E-state index in [0.717, 1.165) is 51.4 Å². The van der Waals surface area contributed by atoms with Crippen LogP contribution in [0.2, 0.25) is 0 Å². The van der Waals surface area contributed by atoms with Gasteiger partial charge in [-0.1, -0.05) is 167 Å². The van der Waals surface area contributed by atoms with Crippen LogP contribution < -0.4 is 11.1 Å². The minimum absolute atomic E-state index is 0.0481. The van der Waals surface area contributed by atoms with Crippen molar-refractivity contribution in [2.75, 3.05) is 19.8 Å². The summed E-state index contributed by atoms with van der Waals surface area (Å²) in [6, 6.07) is -0.984. The highest BCUT2D eigenvalue weighted by atomic mass is 31.2. The topological polar surface area (TPSA) is 151 Å². The van der Waals surface area contributed by atoms with E-state index in [0.29, 0.717) is 6.42 Å². The molecular weight excluding hydrogens is 663 g/mol. The number of hydrogen-bond donors (Lipinski definition) is 5. The number of nitrogens with two attached hydrogens (primary N) is 1. The summed E-state index contributed by atoms with van der Waals surface area (Å²) in [5.41, 5.74) is 5.35. The van der Waals surface area contributed by atoms with Gasteiger partial charge in [-0.2, -0.15) is 0 Å². The molecule has 0 saturated heterocycles. The number of rotatable bonds is 39. The lowest BCUT2D eigenvalue weighted by atomic mass is 10.0. The molecule has 0 aromatic heterocycles. The van der Waals surface area contributed by atoms with E-state index >= 15 is 0 Å². The van der Waals surface area contributed by atoms with Gasteiger partial charge in [0.2, 0.25) is 5.91 Å². The number of carbonyl (C=O) groups excluding carboxylic acids is 1. The molecule has 0 spiro atoms. The average molecular weight is 745 g/mol. The Morgan fingerprint density at radius 1 is 0.667 bits per heavy atom. The fourth-order valence-electron chi connectivity index (χ4n) is 6.11. The number of amides is 1. The quantitative estimate of drug-likeness (QED) is 0.0237. The Morgan fingerprint density at radius 3 is 1.61 bits per heavy atom. The molecule has 0 bridgehead atoms. The first-order valence-electron chi connectivity index (χ1n) is 21.0. The summed E-state index contributed by atoms with van der Waals surface area (Å²) in [5.74, 6) is -0.456. The number of hydrogen-bond acceptors (Lipinski definition) is 7. The van der Waals surface area contributed by atoms with Crippen molar-refractivity contribution < 1.29 is 33.5 Å². The van der Waals surface area contributed by atoms with E-state index in [1.54, 1.807) is 6.08 Å². The van der Waals surface area contributed by atoms with Crippen molar-refractivity contribution in [2.45, 2.75) is 212 Å². The number of unbranched alkanes of at least 4 members (excludes halogenated alkanes) is 23. The lowest BCUT2D eigenvalue weighted by Gasteiger charge is -2.24. The maximum absolute atomic E-state index is 12.7. The van der Waals surface area contributed by atoms with Crippen LogP contribution in [0.1, 0.15) is 194 Å². The van der Waals surface area contributed by atoms with E-state index in [-0.39, 0.29) is 19.6 Å². The second-order valence-corrected chi connectivity index (χ2v) is 15.8. The number of allylic oxidation sites excluding steroid dienone is 3. The van der Waals surface area contributed by atoms with Crippen LogP contribution in [-0.2, 0) is 18.4 Å². The Kier molecular flexibility index (Phi) is 36.5. The van der Waals surface area contributed by atoms with E-state index < -0.39 is 38.6 Å². The molecule has 0 radical (unpaired) electrons. The highest BCUT2D eigenvalue weighted by Gasteiger charge is 2.27. The molecule has 302 valence electrons. The maximum atomic E-state index is 12.7. The molecule has 1 amide bonds. The molecule has 0 aromatic rings. The van der Waals surface area contributed by atoms with Gasteiger partial charge in [0.25, 0.3) is 0 Å². The lowest BCUT2D eigenvalue weighted by molar-refractivity contribution is -0.124. The van der Waals surface area contributed by atoms with Gasteiger partial charge in [0.1, 0.15) is 0 Å². The summed E-state index contributed by atoms with van der Waals surface area (Å²) in [6.45, 7) is 3.93. The zero-order valence-corrected chi connectivity index (χ0v) is 33.9. The molecule has 0 saturated carbocycles. The molecule has 0 fully saturated rings. The largest absolute Gasteiger partial charge is 0.472 e. The standard InChI is InChI=1S/C41H81N2O7P/c1-3-5-7-9-11-13-15-16-17-18-19-20-21-22-23-25-27-29-31-33-40(45)39(37-50-51(47,48)49-35-34-42)43-41(46)36-38(44)32-30-28-26-24-14-12-10-8-6-4-2/h12,14,31,33,38-40,44-45H,3-11,13,15-30,32,34-37,42H2,1-2H3,(H,43,46)(H,47,48)/b14-12-,33-31+. The van der Waals surface area contributed by atoms with Crippen molar-refractivity contribution in [3.8, 4) is 0 Å². The van der Waals surface area contributed by atoms with Crippen LogP contribution >= 0.6 is 7.82 Å². The summed E-state index contributed by atoms with van der Waals surface area (Å²) in [4.78, 5) is 22.7. The molecule has 0 aliphatic rings. The molecule has 6 N–H and O–H groups in total. The minimum Gasteiger partial charge on any atom is -0.393 e. The van der Waals surface area contributed by atoms with Crippen LogP contribution in [0.3, 0.4) is 0 Å². The smallest absolute Gasteiger partial charge is 0.393 e. The Morgan fingerprint density at radius 2 is 1.10 bits per heavy atom. The molecule has 51 heavy (non-hydrogen) atoms. The van der Waals surface area contributed by atoms with Crippen LogP contribution in [0.15, 0.2) is 24.3 Å². The second-order valence-electron chi connectivity index (χ2n) is 14.4. The van der Waals surface area contributed by atoms with Gasteiger partial charge in [-0.15, -0.1) is 0 Å². The van der Waals surface area contributed by atoms with Crippen LogP contribution in [0.5, 0.6) is 0 Å². The van der Waals surface area contributed by atoms with Gasteiger partial charge in [0.05, 0.1) is 37.9 Å². The van der Waals surface area contributed by atoms with Gasteiger partial charge in [0.15, 0.2) is 0 Å². The number of phosphoric acid groups is 1. The number of aliphatic hydroxyl groups excluding tert-OH is 2. The average Bonchev–Trinajstić information content (AvgIpc) is 3.10. The Balaban J connectivity index is 4.33. The number of carbonyl (C=O) groups is 1. The summed E-state index contributed by atoms with van der Waals surface area (Å²) in [6.07, 6.45) is 38.4. The first-order valence-corrected chi connectivity index (χ1v) is 22.5. The Labute approximate surface area is 313 Å². The Hall–Kier alpha value is -1.06. The first kappa shape index (κ1) is 49.9. The molecular formula is C41H81N2O7P. The van der Waals surface area contributed by atoms with Crippen molar-refractivity contribution in [3.63, 3.8) is 0 Å². The highest BCUT2D eigenvalue weighted by molar-refractivity contribution is 7.47. The van der Waals surface area contributed by atoms with Gasteiger partial charge in [-0.3, -0.25) is 13.8 Å². The maximum Gasteiger partial charge on any atom is 0.472 e. The molecule has 9 nitrogen and oxygen atoms in total. The minimum atomic E-state index is -4.40. The van der Waals surface area contributed by atoms with Crippen molar-refractivity contribution in [3.05, 3.63) is 24.3 Å². The van der Waals surface area contributed by atoms with Crippen molar-refractivity contribution >= 4 is 13.7 Å². The monoisotopic (exact) mass is 745 g/mol. The second kappa shape index (κ2) is 37.3. The van der Waals surface area contributed by atoms with Gasteiger partial charge in [0, 0.05) is 6.54 Å². The third-order valence-corrected chi connectivity index (χ3v) is 10.3. The third-order valence-electron chi connectivity index (χ3n) is 9.33. The summed E-state index contributed by atoms with van der Waals surface area (Å²) < 4.78 is 22.0. The molecule has 0 rings (SSSR count). The molecule has 4 unspecified atom stereocenters. The number of nitrogens with one attached hydrogen (secondary N) is 1. The lowest BCUT2D eigenvalue weighted by Crippen LogP contribution is -2.46. The van der Waals surface area contributed by atoms with Crippen molar-refractivity contribution in [1.29, 1.82) is 0 Å². The molecule has 10 heteroatoms. The van der Waals surface area contributed by atoms with Crippen molar-refractivity contribution in [2.24, 2.45) is 5.73 Å². The van der Waals surface area contributed by atoms with Gasteiger partial charge >= 0.3 is 7.82 Å². The van der Waals surface area contributed by atoms with E-state index in [4.69, 9.17) is 14.8 Å². The van der Waals surface area contributed by atoms with E-state index in [9.17, 15) is 24.5 Å². The highest BCUT2D eigenvalue weighted by Crippen LogP contribution is 2.43. The van der Waals surface area contributed by atoms with Crippen LogP contribution in [-0.4, -0.2) is 59.0 Å². The first-order chi connectivity index (χ1) is 24.8. The molecule has 4 atom stereocenters. The third kappa shape index (κ3) is 35.7. The van der Waals surface area contributed by atoms with E-state index in [1.807, 2.05) is 6.08 Å². The zero-order chi connectivity index (χ0) is 37.7. The predicted octanol–water partition coefficient (Wildman–Crippen LogP) is 10.4. The van der Waals surface area contributed by atoms with E-state index in [1.165, 1.54) is 116 Å². The molecule has 0 heterocycles. The number of aliphatic hydroxyl groups is 2. The van der Waals surface area contributed by atoms with Crippen LogP contribution in [0, 0.1) is 0 Å².